The highest BCUT2D eigenvalue weighted by molar-refractivity contribution is 5.29. The summed E-state index contributed by atoms with van der Waals surface area (Å²) in [5.41, 5.74) is 0.881. The first kappa shape index (κ1) is 16.0. The summed E-state index contributed by atoms with van der Waals surface area (Å²) in [5.74, 6) is 0. The van der Waals surface area contributed by atoms with Crippen LogP contribution in [0.5, 0.6) is 0 Å². The highest BCUT2D eigenvalue weighted by Crippen LogP contribution is 2.36. The van der Waals surface area contributed by atoms with Crippen molar-refractivity contribution in [2.24, 2.45) is 7.05 Å². The lowest BCUT2D eigenvalue weighted by Gasteiger charge is -2.25. The molecule has 2 heterocycles. The number of hydrogen-bond acceptors (Lipinski definition) is 3. The predicted octanol–water partition coefficient (Wildman–Crippen LogP) is 2.75. The van der Waals surface area contributed by atoms with Gasteiger partial charge in [0.2, 0.25) is 0 Å². The fraction of sp³-hybridized carbons (Fsp3) is 0.438. The highest BCUT2D eigenvalue weighted by atomic mass is 19.4. The third-order valence-corrected chi connectivity index (χ3v) is 4.27. The van der Waals surface area contributed by atoms with Crippen molar-refractivity contribution in [2.45, 2.75) is 31.3 Å². The van der Waals surface area contributed by atoms with Crippen LogP contribution >= 0.6 is 0 Å². The normalized spacial score (nSPS) is 22.7. The summed E-state index contributed by atoms with van der Waals surface area (Å²) in [6.45, 7) is 0.973. The maximum absolute atomic E-state index is 12.9. The van der Waals surface area contributed by atoms with Crippen LogP contribution in [0, 0.1) is 0 Å². The van der Waals surface area contributed by atoms with E-state index in [9.17, 15) is 18.3 Å². The van der Waals surface area contributed by atoms with E-state index in [0.29, 0.717) is 25.1 Å². The smallest absolute Gasteiger partial charge is 0.392 e. The molecule has 2 aromatic rings. The second-order valence-corrected chi connectivity index (χ2v) is 5.90. The van der Waals surface area contributed by atoms with E-state index in [4.69, 9.17) is 0 Å². The highest BCUT2D eigenvalue weighted by Gasteiger charge is 2.35. The van der Waals surface area contributed by atoms with Gasteiger partial charge in [-0.1, -0.05) is 12.1 Å². The zero-order valence-corrected chi connectivity index (χ0v) is 12.7. The standard InChI is InChI=1S/C16H18F3N3O/c1-21-13(5-6-20-21)9-22-10-14(23)8-15(22)11-3-2-4-12(7-11)16(17,18)19/h2-7,14-15,23H,8-10H2,1H3/t14-,15+/m1/s1. The van der Waals surface area contributed by atoms with Crippen LogP contribution < -0.4 is 0 Å². The van der Waals surface area contributed by atoms with E-state index < -0.39 is 17.8 Å². The van der Waals surface area contributed by atoms with Crippen molar-refractivity contribution in [1.82, 2.24) is 14.7 Å². The zero-order valence-electron chi connectivity index (χ0n) is 12.7. The molecule has 0 bridgehead atoms. The number of rotatable bonds is 3. The fourth-order valence-electron chi connectivity index (χ4n) is 3.09. The molecule has 0 saturated carbocycles. The monoisotopic (exact) mass is 325 g/mol. The largest absolute Gasteiger partial charge is 0.416 e. The average molecular weight is 325 g/mol. The Morgan fingerprint density at radius 2 is 2.09 bits per heavy atom. The van der Waals surface area contributed by atoms with Crippen molar-refractivity contribution in [3.63, 3.8) is 0 Å². The first-order valence-corrected chi connectivity index (χ1v) is 7.41. The molecule has 1 saturated heterocycles. The third-order valence-electron chi connectivity index (χ3n) is 4.27. The molecule has 1 aromatic heterocycles. The molecule has 0 aliphatic carbocycles. The van der Waals surface area contributed by atoms with Gasteiger partial charge in [0.1, 0.15) is 0 Å². The summed E-state index contributed by atoms with van der Waals surface area (Å²) in [5, 5.41) is 14.1. The van der Waals surface area contributed by atoms with Gasteiger partial charge in [0.25, 0.3) is 0 Å². The van der Waals surface area contributed by atoms with Gasteiger partial charge in [-0.3, -0.25) is 9.58 Å². The minimum Gasteiger partial charge on any atom is -0.392 e. The van der Waals surface area contributed by atoms with E-state index in [-0.39, 0.29) is 6.04 Å². The third kappa shape index (κ3) is 3.40. The van der Waals surface area contributed by atoms with Crippen molar-refractivity contribution >= 4 is 0 Å². The fourth-order valence-corrected chi connectivity index (χ4v) is 3.09. The number of nitrogens with zero attached hydrogens (tertiary/aromatic N) is 3. The summed E-state index contributed by atoms with van der Waals surface area (Å²) in [6, 6.07) is 6.99. The van der Waals surface area contributed by atoms with Crippen LogP contribution in [0.15, 0.2) is 36.5 Å². The molecule has 4 nitrogen and oxygen atoms in total. The molecule has 124 valence electrons. The minimum absolute atomic E-state index is 0.234. The second kappa shape index (κ2) is 5.98. The van der Waals surface area contributed by atoms with Crippen molar-refractivity contribution in [2.75, 3.05) is 6.54 Å². The van der Waals surface area contributed by atoms with Gasteiger partial charge < -0.3 is 5.11 Å². The van der Waals surface area contributed by atoms with Crippen molar-refractivity contribution in [3.05, 3.63) is 53.3 Å². The second-order valence-electron chi connectivity index (χ2n) is 5.90. The number of β-amino-alcohol motifs (C(OH)–C–C–N with tert-alkyl or cyclic N) is 1. The maximum Gasteiger partial charge on any atom is 0.416 e. The lowest BCUT2D eigenvalue weighted by atomic mass is 10.0. The first-order valence-electron chi connectivity index (χ1n) is 7.41. The van der Waals surface area contributed by atoms with Gasteiger partial charge in [-0.05, 0) is 30.2 Å². The summed E-state index contributed by atoms with van der Waals surface area (Å²) in [4.78, 5) is 2.00. The topological polar surface area (TPSA) is 41.3 Å². The van der Waals surface area contributed by atoms with Crippen molar-refractivity contribution < 1.29 is 18.3 Å². The summed E-state index contributed by atoms with van der Waals surface area (Å²) in [7, 11) is 1.82. The first-order chi connectivity index (χ1) is 10.8. The Labute approximate surface area is 132 Å². The molecule has 1 fully saturated rings. The number of likely N-dealkylation sites (tertiary alicyclic amines) is 1. The molecular weight excluding hydrogens is 307 g/mol. The van der Waals surface area contributed by atoms with E-state index in [1.807, 2.05) is 18.0 Å². The van der Waals surface area contributed by atoms with Gasteiger partial charge in [0.05, 0.1) is 17.4 Å². The number of aromatic nitrogens is 2. The molecule has 2 atom stereocenters. The molecule has 7 heteroatoms. The van der Waals surface area contributed by atoms with E-state index in [0.717, 1.165) is 11.8 Å². The number of aryl methyl sites for hydroxylation is 1. The number of hydrogen-bond donors (Lipinski definition) is 1. The van der Waals surface area contributed by atoms with Crippen LogP contribution in [0.1, 0.15) is 29.3 Å². The number of aliphatic hydroxyl groups excluding tert-OH is 1. The van der Waals surface area contributed by atoms with Gasteiger partial charge in [-0.25, -0.2) is 0 Å². The maximum atomic E-state index is 12.9. The van der Waals surface area contributed by atoms with Crippen LogP contribution in [0.3, 0.4) is 0 Å². The molecule has 23 heavy (non-hydrogen) atoms. The van der Waals surface area contributed by atoms with Gasteiger partial charge in [-0.2, -0.15) is 18.3 Å². The molecule has 1 aromatic carbocycles. The summed E-state index contributed by atoms with van der Waals surface area (Å²) in [6.07, 6.45) is -2.79. The Balaban J connectivity index is 1.86. The predicted molar refractivity (Wildman–Crippen MR) is 78.4 cm³/mol. The number of benzene rings is 1. The van der Waals surface area contributed by atoms with E-state index in [1.165, 1.54) is 12.1 Å². The van der Waals surface area contributed by atoms with E-state index in [1.54, 1.807) is 16.9 Å². The average Bonchev–Trinajstić information content (AvgIpc) is 3.05. The van der Waals surface area contributed by atoms with Gasteiger partial charge in [-0.15, -0.1) is 0 Å². The molecular formula is C16H18F3N3O. The van der Waals surface area contributed by atoms with Gasteiger partial charge >= 0.3 is 6.18 Å². The van der Waals surface area contributed by atoms with Gasteiger partial charge in [0, 0.05) is 32.4 Å². The summed E-state index contributed by atoms with van der Waals surface area (Å²) < 4.78 is 40.5. The van der Waals surface area contributed by atoms with Crippen molar-refractivity contribution in [1.29, 1.82) is 0 Å². The van der Waals surface area contributed by atoms with E-state index in [2.05, 4.69) is 5.10 Å². The molecule has 3 rings (SSSR count). The van der Waals surface area contributed by atoms with Gasteiger partial charge in [0.15, 0.2) is 0 Å². The number of halogens is 3. The molecule has 0 radical (unpaired) electrons. The van der Waals surface area contributed by atoms with Crippen LogP contribution in [0.25, 0.3) is 0 Å². The van der Waals surface area contributed by atoms with Crippen molar-refractivity contribution in [3.8, 4) is 0 Å². The zero-order chi connectivity index (χ0) is 16.6. The number of aliphatic hydroxyl groups is 1. The molecule has 1 aliphatic rings. The Kier molecular flexibility index (Phi) is 4.16. The Hall–Kier alpha value is -1.86. The Morgan fingerprint density at radius 3 is 2.74 bits per heavy atom. The molecule has 0 spiro atoms. The molecule has 1 aliphatic heterocycles. The van der Waals surface area contributed by atoms with Crippen LogP contribution in [0.4, 0.5) is 13.2 Å². The van der Waals surface area contributed by atoms with E-state index >= 15 is 0 Å². The van der Waals surface area contributed by atoms with Crippen LogP contribution in [-0.2, 0) is 19.8 Å². The Bertz CT molecular complexity index is 683. The van der Waals surface area contributed by atoms with Crippen LogP contribution in [0.2, 0.25) is 0 Å². The Morgan fingerprint density at radius 1 is 1.30 bits per heavy atom. The molecule has 0 unspecified atom stereocenters. The lowest BCUT2D eigenvalue weighted by Crippen LogP contribution is -2.25. The quantitative estimate of drug-likeness (QED) is 0.943. The summed E-state index contributed by atoms with van der Waals surface area (Å²) >= 11 is 0. The van der Waals surface area contributed by atoms with Crippen LogP contribution in [-0.4, -0.2) is 32.4 Å². The number of alkyl halides is 3. The molecule has 1 N–H and O–H groups in total. The molecule has 0 amide bonds. The SMILES string of the molecule is Cn1nccc1CN1C[C@H](O)C[C@H]1c1cccc(C(F)(F)F)c1. The minimum atomic E-state index is -4.36. The lowest BCUT2D eigenvalue weighted by molar-refractivity contribution is -0.137.